The van der Waals surface area contributed by atoms with Crippen LogP contribution < -0.4 is 0 Å². The van der Waals surface area contributed by atoms with Gasteiger partial charge in [-0.05, 0) is 44.5 Å². The van der Waals surface area contributed by atoms with Crippen LogP contribution in [0.2, 0.25) is 0 Å². The number of hydrogen-bond acceptors (Lipinski definition) is 3. The highest BCUT2D eigenvalue weighted by molar-refractivity contribution is 6.00. The summed E-state index contributed by atoms with van der Waals surface area (Å²) in [6.07, 6.45) is 4.22. The summed E-state index contributed by atoms with van der Waals surface area (Å²) in [6.45, 7) is 3.17. The maximum atomic E-state index is 11.2. The van der Waals surface area contributed by atoms with Crippen molar-refractivity contribution in [2.24, 2.45) is 5.92 Å². The van der Waals surface area contributed by atoms with Crippen LogP contribution in [0.15, 0.2) is 24.5 Å². The minimum absolute atomic E-state index is 0.280. The lowest BCUT2D eigenvalue weighted by molar-refractivity contribution is 0.0699. The second-order valence-electron chi connectivity index (χ2n) is 5.65. The van der Waals surface area contributed by atoms with Gasteiger partial charge < -0.3 is 14.6 Å². The van der Waals surface area contributed by atoms with Gasteiger partial charge in [0.1, 0.15) is 5.52 Å². The molecule has 1 aliphatic heterocycles. The first-order valence-electron chi connectivity index (χ1n) is 7.01. The van der Waals surface area contributed by atoms with Crippen LogP contribution in [0.4, 0.5) is 0 Å². The predicted octanol–water partition coefficient (Wildman–Crippen LogP) is 2.08. The van der Waals surface area contributed by atoms with E-state index in [2.05, 4.69) is 21.5 Å². The van der Waals surface area contributed by atoms with Crippen molar-refractivity contribution in [3.8, 4) is 0 Å². The van der Waals surface area contributed by atoms with Gasteiger partial charge in [-0.2, -0.15) is 0 Å². The molecule has 1 unspecified atom stereocenters. The van der Waals surface area contributed by atoms with Crippen LogP contribution in [-0.4, -0.2) is 45.7 Å². The molecule has 1 aromatic carbocycles. The first-order valence-corrected chi connectivity index (χ1v) is 7.01. The van der Waals surface area contributed by atoms with Gasteiger partial charge in [0.15, 0.2) is 0 Å². The summed E-state index contributed by atoms with van der Waals surface area (Å²) in [4.78, 5) is 17.9. The Kier molecular flexibility index (Phi) is 3.44. The largest absolute Gasteiger partial charge is 0.478 e. The average Bonchev–Trinajstić information content (AvgIpc) is 2.82. The van der Waals surface area contributed by atoms with E-state index < -0.39 is 5.97 Å². The van der Waals surface area contributed by atoms with Gasteiger partial charge in [0, 0.05) is 13.1 Å². The second kappa shape index (κ2) is 5.25. The fraction of sp³-hybridized carbons (Fsp3) is 0.467. The van der Waals surface area contributed by atoms with Gasteiger partial charge >= 0.3 is 5.97 Å². The van der Waals surface area contributed by atoms with Gasteiger partial charge in [-0.1, -0.05) is 6.07 Å². The molecule has 0 aliphatic carbocycles. The molecule has 5 heteroatoms. The number of aromatic nitrogens is 2. The monoisotopic (exact) mass is 273 g/mol. The molecule has 0 saturated carbocycles. The molecule has 1 aliphatic rings. The summed E-state index contributed by atoms with van der Waals surface area (Å²) < 4.78 is 2.09. The van der Waals surface area contributed by atoms with Gasteiger partial charge in [-0.3, -0.25) is 0 Å². The number of rotatable bonds is 3. The van der Waals surface area contributed by atoms with Gasteiger partial charge in [-0.15, -0.1) is 0 Å². The van der Waals surface area contributed by atoms with Crippen LogP contribution in [0.3, 0.4) is 0 Å². The minimum atomic E-state index is -0.918. The number of nitrogens with zero attached hydrogens (tertiary/aromatic N) is 3. The zero-order chi connectivity index (χ0) is 14.1. The van der Waals surface area contributed by atoms with Crippen molar-refractivity contribution in [1.29, 1.82) is 0 Å². The van der Waals surface area contributed by atoms with Crippen molar-refractivity contribution in [2.75, 3.05) is 20.1 Å². The first kappa shape index (κ1) is 13.1. The van der Waals surface area contributed by atoms with Crippen LogP contribution in [0.5, 0.6) is 0 Å². The van der Waals surface area contributed by atoms with Crippen molar-refractivity contribution in [2.45, 2.75) is 19.4 Å². The number of para-hydroxylation sites is 1. The maximum absolute atomic E-state index is 11.2. The van der Waals surface area contributed by atoms with Crippen molar-refractivity contribution in [3.05, 3.63) is 30.1 Å². The van der Waals surface area contributed by atoms with Crippen molar-refractivity contribution in [3.63, 3.8) is 0 Å². The zero-order valence-electron chi connectivity index (χ0n) is 11.6. The molecule has 2 heterocycles. The smallest absolute Gasteiger partial charge is 0.337 e. The number of carboxylic acids is 1. The Labute approximate surface area is 117 Å². The fourth-order valence-corrected chi connectivity index (χ4v) is 3.11. The van der Waals surface area contributed by atoms with Crippen molar-refractivity contribution < 1.29 is 9.90 Å². The lowest BCUT2D eigenvalue weighted by Gasteiger charge is -2.29. The number of imidazole rings is 1. The number of benzene rings is 1. The minimum Gasteiger partial charge on any atom is -0.478 e. The number of carboxylic acid groups (broad SMARTS) is 1. The Balaban J connectivity index is 1.89. The molecule has 3 rings (SSSR count). The first-order chi connectivity index (χ1) is 9.65. The molecule has 1 saturated heterocycles. The summed E-state index contributed by atoms with van der Waals surface area (Å²) in [5, 5.41) is 9.19. The van der Waals surface area contributed by atoms with Crippen molar-refractivity contribution >= 4 is 17.0 Å². The van der Waals surface area contributed by atoms with E-state index in [1.54, 1.807) is 18.5 Å². The molecule has 0 amide bonds. The van der Waals surface area contributed by atoms with E-state index in [1.807, 2.05) is 6.07 Å². The normalized spacial score (nSPS) is 20.4. The third-order valence-electron chi connectivity index (χ3n) is 4.06. The SMILES string of the molecule is CN1CCCC(Cn2cnc3c(C(=O)O)cccc32)C1. The number of likely N-dealkylation sites (tertiary alicyclic amines) is 1. The Bertz CT molecular complexity index is 635. The molecule has 1 fully saturated rings. The molecule has 0 radical (unpaired) electrons. The average molecular weight is 273 g/mol. The summed E-state index contributed by atoms with van der Waals surface area (Å²) in [5.74, 6) is -0.308. The van der Waals surface area contributed by atoms with Crippen LogP contribution in [0, 0.1) is 5.92 Å². The number of fused-ring (bicyclic) bond motifs is 1. The number of piperidine rings is 1. The molecule has 0 spiro atoms. The number of hydrogen-bond donors (Lipinski definition) is 1. The van der Waals surface area contributed by atoms with E-state index >= 15 is 0 Å². The Morgan fingerprint density at radius 2 is 2.35 bits per heavy atom. The number of carbonyl (C=O) groups is 1. The molecule has 1 aromatic heterocycles. The predicted molar refractivity (Wildman–Crippen MR) is 76.9 cm³/mol. The molecule has 20 heavy (non-hydrogen) atoms. The molecule has 1 N–H and O–H groups in total. The van der Waals surface area contributed by atoms with Crippen LogP contribution >= 0.6 is 0 Å². The van der Waals surface area contributed by atoms with Gasteiger partial charge in [0.25, 0.3) is 0 Å². The highest BCUT2D eigenvalue weighted by Crippen LogP contribution is 2.22. The van der Waals surface area contributed by atoms with E-state index in [0.29, 0.717) is 11.4 Å². The van der Waals surface area contributed by atoms with E-state index in [1.165, 1.54) is 19.4 Å². The fourth-order valence-electron chi connectivity index (χ4n) is 3.11. The molecule has 2 aromatic rings. The quantitative estimate of drug-likeness (QED) is 0.930. The standard InChI is InChI=1S/C15H19N3O2/c1-17-7-3-4-11(8-17)9-18-10-16-14-12(15(19)20)5-2-6-13(14)18/h2,5-6,10-11H,3-4,7-9H2,1H3,(H,19,20). The highest BCUT2D eigenvalue weighted by atomic mass is 16.4. The topological polar surface area (TPSA) is 58.4 Å². The third-order valence-corrected chi connectivity index (χ3v) is 4.06. The second-order valence-corrected chi connectivity index (χ2v) is 5.65. The Morgan fingerprint density at radius 1 is 1.50 bits per heavy atom. The summed E-state index contributed by atoms with van der Waals surface area (Å²) in [6, 6.07) is 5.34. The van der Waals surface area contributed by atoms with E-state index in [4.69, 9.17) is 0 Å². The molecule has 106 valence electrons. The van der Waals surface area contributed by atoms with Gasteiger partial charge in [0.05, 0.1) is 17.4 Å². The molecule has 5 nitrogen and oxygen atoms in total. The summed E-state index contributed by atoms with van der Waals surface area (Å²) in [5.41, 5.74) is 1.78. The van der Waals surface area contributed by atoms with Crippen LogP contribution in [-0.2, 0) is 6.54 Å². The van der Waals surface area contributed by atoms with Gasteiger partial charge in [-0.25, -0.2) is 9.78 Å². The van der Waals surface area contributed by atoms with E-state index in [-0.39, 0.29) is 5.56 Å². The lowest BCUT2D eigenvalue weighted by Crippen LogP contribution is -2.33. The highest BCUT2D eigenvalue weighted by Gasteiger charge is 2.19. The Morgan fingerprint density at radius 3 is 3.10 bits per heavy atom. The van der Waals surface area contributed by atoms with Crippen LogP contribution in [0.1, 0.15) is 23.2 Å². The summed E-state index contributed by atoms with van der Waals surface area (Å²) >= 11 is 0. The molecular formula is C15H19N3O2. The lowest BCUT2D eigenvalue weighted by atomic mass is 9.98. The Hall–Kier alpha value is -1.88. The van der Waals surface area contributed by atoms with Crippen molar-refractivity contribution in [1.82, 2.24) is 14.5 Å². The molecular weight excluding hydrogens is 254 g/mol. The maximum Gasteiger partial charge on any atom is 0.337 e. The molecule has 1 atom stereocenters. The number of aromatic carboxylic acids is 1. The molecule has 0 bridgehead atoms. The van der Waals surface area contributed by atoms with E-state index in [9.17, 15) is 9.90 Å². The zero-order valence-corrected chi connectivity index (χ0v) is 11.6. The van der Waals surface area contributed by atoms with Gasteiger partial charge in [0.2, 0.25) is 0 Å². The van der Waals surface area contributed by atoms with E-state index in [0.717, 1.165) is 18.6 Å². The third kappa shape index (κ3) is 2.41. The van der Waals surface area contributed by atoms with Crippen LogP contribution in [0.25, 0.3) is 11.0 Å². The summed E-state index contributed by atoms with van der Waals surface area (Å²) in [7, 11) is 2.15.